The van der Waals surface area contributed by atoms with Crippen LogP contribution in [-0.4, -0.2) is 7.11 Å². The van der Waals surface area contributed by atoms with E-state index < -0.39 is 0 Å². The molecule has 0 saturated carbocycles. The summed E-state index contributed by atoms with van der Waals surface area (Å²) in [5.74, 6) is 0.895. The van der Waals surface area contributed by atoms with Crippen LogP contribution in [0.1, 0.15) is 16.0 Å². The largest absolute Gasteiger partial charge is 0.496 e. The molecule has 0 bridgehead atoms. The van der Waals surface area contributed by atoms with E-state index in [0.717, 1.165) is 28.3 Å². The normalized spacial score (nSPS) is 12.2. The molecule has 0 aromatic heterocycles. The second kappa shape index (κ2) is 6.26. The van der Waals surface area contributed by atoms with Crippen LogP contribution in [0.15, 0.2) is 48.5 Å². The maximum Gasteiger partial charge on any atom is 0.123 e. The van der Waals surface area contributed by atoms with Crippen LogP contribution in [0.5, 0.6) is 5.75 Å². The van der Waals surface area contributed by atoms with Gasteiger partial charge < -0.3 is 4.74 Å². The number of alkyl halides is 1. The number of halogens is 2. The van der Waals surface area contributed by atoms with Gasteiger partial charge in [-0.25, -0.2) is 0 Å². The number of ether oxygens (including phenoxy) is 1. The first-order valence-corrected chi connectivity index (χ1v) is 7.02. The maximum atomic E-state index is 6.18. The summed E-state index contributed by atoms with van der Waals surface area (Å²) >= 11 is 9.89. The number of hydrogen-bond acceptors (Lipinski definition) is 1. The fraction of sp³-hybridized carbons (Fsp3) is 0.200. The van der Waals surface area contributed by atoms with Crippen molar-refractivity contribution in [3.05, 3.63) is 64.7 Å². The SMILES string of the molecule is COc1ccccc1C(Br)Cc1ccccc1Cl. The van der Waals surface area contributed by atoms with Crippen molar-refractivity contribution >= 4 is 27.5 Å². The van der Waals surface area contributed by atoms with E-state index in [1.807, 2.05) is 42.5 Å². The molecule has 0 amide bonds. The quantitative estimate of drug-likeness (QED) is 0.717. The number of benzene rings is 2. The molecular formula is C15H14BrClO. The Labute approximate surface area is 121 Å². The summed E-state index contributed by atoms with van der Waals surface area (Å²) in [6.45, 7) is 0. The van der Waals surface area contributed by atoms with Gasteiger partial charge in [0.15, 0.2) is 0 Å². The minimum Gasteiger partial charge on any atom is -0.496 e. The average Bonchev–Trinajstić information content (AvgIpc) is 2.41. The van der Waals surface area contributed by atoms with E-state index in [1.54, 1.807) is 7.11 Å². The molecule has 94 valence electrons. The summed E-state index contributed by atoms with van der Waals surface area (Å²) in [5, 5.41) is 0.803. The van der Waals surface area contributed by atoms with E-state index in [0.29, 0.717) is 0 Å². The fourth-order valence-electron chi connectivity index (χ4n) is 1.89. The van der Waals surface area contributed by atoms with Crippen LogP contribution < -0.4 is 4.74 Å². The Kier molecular flexibility index (Phi) is 4.67. The van der Waals surface area contributed by atoms with Crippen molar-refractivity contribution in [2.24, 2.45) is 0 Å². The number of para-hydroxylation sites is 1. The molecule has 1 atom stereocenters. The monoisotopic (exact) mass is 324 g/mol. The topological polar surface area (TPSA) is 9.23 Å². The Balaban J connectivity index is 2.22. The zero-order valence-corrected chi connectivity index (χ0v) is 12.4. The Morgan fingerprint density at radius 2 is 1.78 bits per heavy atom. The number of hydrogen-bond donors (Lipinski definition) is 0. The molecule has 18 heavy (non-hydrogen) atoms. The van der Waals surface area contributed by atoms with Crippen molar-refractivity contribution < 1.29 is 4.74 Å². The molecule has 0 radical (unpaired) electrons. The molecule has 0 saturated heterocycles. The molecule has 1 unspecified atom stereocenters. The highest BCUT2D eigenvalue weighted by Gasteiger charge is 2.14. The highest BCUT2D eigenvalue weighted by molar-refractivity contribution is 9.09. The van der Waals surface area contributed by atoms with Gasteiger partial charge in [0, 0.05) is 15.4 Å². The van der Waals surface area contributed by atoms with Crippen molar-refractivity contribution in [2.45, 2.75) is 11.2 Å². The summed E-state index contributed by atoms with van der Waals surface area (Å²) in [5.41, 5.74) is 2.27. The van der Waals surface area contributed by atoms with E-state index in [2.05, 4.69) is 22.0 Å². The first-order valence-electron chi connectivity index (χ1n) is 5.72. The lowest BCUT2D eigenvalue weighted by Gasteiger charge is -2.14. The molecule has 2 rings (SSSR count). The van der Waals surface area contributed by atoms with Crippen LogP contribution in [0.4, 0.5) is 0 Å². The van der Waals surface area contributed by atoms with Crippen LogP contribution in [0.25, 0.3) is 0 Å². The van der Waals surface area contributed by atoms with Gasteiger partial charge in [-0.2, -0.15) is 0 Å². The van der Waals surface area contributed by atoms with Crippen LogP contribution in [-0.2, 0) is 6.42 Å². The van der Waals surface area contributed by atoms with Crippen molar-refractivity contribution in [3.63, 3.8) is 0 Å². The van der Waals surface area contributed by atoms with E-state index in [-0.39, 0.29) is 4.83 Å². The van der Waals surface area contributed by atoms with Gasteiger partial charge in [0.1, 0.15) is 5.75 Å². The highest BCUT2D eigenvalue weighted by atomic mass is 79.9. The van der Waals surface area contributed by atoms with E-state index in [1.165, 1.54) is 0 Å². The average molecular weight is 326 g/mol. The predicted molar refractivity (Wildman–Crippen MR) is 79.8 cm³/mol. The molecule has 0 aliphatic heterocycles. The minimum atomic E-state index is 0.188. The minimum absolute atomic E-state index is 0.188. The molecule has 0 heterocycles. The molecule has 0 spiro atoms. The van der Waals surface area contributed by atoms with Crippen LogP contribution in [0, 0.1) is 0 Å². The second-order valence-electron chi connectivity index (χ2n) is 4.01. The van der Waals surface area contributed by atoms with Crippen molar-refractivity contribution in [1.29, 1.82) is 0 Å². The molecule has 1 nitrogen and oxygen atoms in total. The number of rotatable bonds is 4. The van der Waals surface area contributed by atoms with Crippen molar-refractivity contribution in [1.82, 2.24) is 0 Å². The lowest BCUT2D eigenvalue weighted by Crippen LogP contribution is -1.99. The molecule has 2 aromatic rings. The highest BCUT2D eigenvalue weighted by Crippen LogP contribution is 2.34. The zero-order valence-electron chi connectivity index (χ0n) is 10.1. The molecule has 0 fully saturated rings. The summed E-state index contributed by atoms with van der Waals surface area (Å²) in [6.07, 6.45) is 0.833. The van der Waals surface area contributed by atoms with Gasteiger partial charge in [-0.05, 0) is 24.1 Å². The van der Waals surface area contributed by atoms with Gasteiger partial charge in [0.25, 0.3) is 0 Å². The standard InChI is InChI=1S/C15H14BrClO/c1-18-15-9-5-3-7-12(15)13(16)10-11-6-2-4-8-14(11)17/h2-9,13H,10H2,1H3. The Bertz CT molecular complexity index is 527. The lowest BCUT2D eigenvalue weighted by atomic mass is 10.0. The summed E-state index contributed by atoms with van der Waals surface area (Å²) < 4.78 is 5.37. The molecule has 0 N–H and O–H groups in total. The van der Waals surface area contributed by atoms with Crippen molar-refractivity contribution in [3.8, 4) is 5.75 Å². The second-order valence-corrected chi connectivity index (χ2v) is 5.52. The molecule has 3 heteroatoms. The smallest absolute Gasteiger partial charge is 0.123 e. The summed E-state index contributed by atoms with van der Waals surface area (Å²) in [4.78, 5) is 0.188. The summed E-state index contributed by atoms with van der Waals surface area (Å²) in [6, 6.07) is 15.9. The van der Waals surface area contributed by atoms with Gasteiger partial charge in [0.2, 0.25) is 0 Å². The fourth-order valence-corrected chi connectivity index (χ4v) is 2.83. The van der Waals surface area contributed by atoms with Gasteiger partial charge in [-0.15, -0.1) is 0 Å². The van der Waals surface area contributed by atoms with Gasteiger partial charge in [-0.3, -0.25) is 0 Å². The third-order valence-electron chi connectivity index (χ3n) is 2.83. The van der Waals surface area contributed by atoms with Crippen LogP contribution >= 0.6 is 27.5 Å². The first-order chi connectivity index (χ1) is 8.72. The lowest BCUT2D eigenvalue weighted by molar-refractivity contribution is 0.409. The molecule has 0 aliphatic rings. The zero-order chi connectivity index (χ0) is 13.0. The summed E-state index contributed by atoms with van der Waals surface area (Å²) in [7, 11) is 1.69. The third-order valence-corrected chi connectivity index (χ3v) is 4.02. The maximum absolute atomic E-state index is 6.18. The third kappa shape index (κ3) is 3.06. The molecule has 0 aliphatic carbocycles. The van der Waals surface area contributed by atoms with Crippen LogP contribution in [0.2, 0.25) is 5.02 Å². The van der Waals surface area contributed by atoms with Gasteiger partial charge >= 0.3 is 0 Å². The Morgan fingerprint density at radius 3 is 2.50 bits per heavy atom. The van der Waals surface area contributed by atoms with Gasteiger partial charge in [-0.1, -0.05) is 63.9 Å². The Hall–Kier alpha value is -0.990. The predicted octanol–water partition coefficient (Wildman–Crippen LogP) is 5.03. The molecule has 2 aromatic carbocycles. The van der Waals surface area contributed by atoms with Crippen molar-refractivity contribution in [2.75, 3.05) is 7.11 Å². The number of methoxy groups -OCH3 is 1. The van der Waals surface area contributed by atoms with E-state index in [9.17, 15) is 0 Å². The Morgan fingerprint density at radius 1 is 1.11 bits per heavy atom. The van der Waals surface area contributed by atoms with E-state index in [4.69, 9.17) is 16.3 Å². The van der Waals surface area contributed by atoms with Crippen LogP contribution in [0.3, 0.4) is 0 Å². The van der Waals surface area contributed by atoms with E-state index >= 15 is 0 Å². The molecular weight excluding hydrogens is 312 g/mol. The van der Waals surface area contributed by atoms with Gasteiger partial charge in [0.05, 0.1) is 7.11 Å². The first kappa shape index (κ1) is 13.4.